The molecule has 2 radical (unpaired) electrons. The van der Waals surface area contributed by atoms with Crippen LogP contribution in [0.25, 0.3) is 0 Å². The van der Waals surface area contributed by atoms with Crippen LogP contribution in [0.5, 0.6) is 0 Å². The first kappa shape index (κ1) is 11.4. The van der Waals surface area contributed by atoms with Crippen LogP contribution in [0.2, 0.25) is 6.32 Å². The molecule has 2 aliphatic heterocycles. The first-order valence-corrected chi connectivity index (χ1v) is 5.06. The Morgan fingerprint density at radius 2 is 2.38 bits per heavy atom. The summed E-state index contributed by atoms with van der Waals surface area (Å²) < 4.78 is 10.4. The predicted molar refractivity (Wildman–Crippen MR) is 57.9 cm³/mol. The smallest absolute Gasteiger partial charge is 0.504 e. The summed E-state index contributed by atoms with van der Waals surface area (Å²) in [6.07, 6.45) is 1.96. The number of likely N-dealkylation sites (tertiary alicyclic amines) is 1. The zero-order valence-electron chi connectivity index (χ0n) is 9.01. The van der Waals surface area contributed by atoms with E-state index in [1.807, 2.05) is 0 Å². The van der Waals surface area contributed by atoms with E-state index in [1.165, 1.54) is 5.98 Å². The average molecular weight is 219 g/mol. The van der Waals surface area contributed by atoms with E-state index in [2.05, 4.69) is 0 Å². The van der Waals surface area contributed by atoms with Gasteiger partial charge in [0, 0.05) is 6.54 Å². The minimum atomic E-state index is -1.42. The molecule has 0 aromatic carbocycles. The Morgan fingerprint density at radius 3 is 2.94 bits per heavy atom. The summed E-state index contributed by atoms with van der Waals surface area (Å²) >= 11 is 0. The molecule has 0 N–H and O–H groups in total. The lowest BCUT2D eigenvalue weighted by Gasteiger charge is -2.15. The van der Waals surface area contributed by atoms with Crippen LogP contribution >= 0.6 is 0 Å². The summed E-state index contributed by atoms with van der Waals surface area (Å²) in [5.74, 6) is 0.690. The lowest BCUT2D eigenvalue weighted by Crippen LogP contribution is -2.45. The van der Waals surface area contributed by atoms with E-state index in [0.29, 0.717) is 6.32 Å². The molecule has 2 fully saturated rings. The fourth-order valence-corrected chi connectivity index (χ4v) is 1.92. The van der Waals surface area contributed by atoms with E-state index in [9.17, 15) is 9.59 Å². The zero-order valence-corrected chi connectivity index (χ0v) is 9.01. The van der Waals surface area contributed by atoms with Crippen molar-refractivity contribution in [2.24, 2.45) is 0 Å². The van der Waals surface area contributed by atoms with Gasteiger partial charge in [0.05, 0.1) is 14.4 Å². The van der Waals surface area contributed by atoms with Crippen LogP contribution in [0.3, 0.4) is 0 Å². The minimum Gasteiger partial charge on any atom is -0.504 e. The minimum absolute atomic E-state index is 0.211. The third-order valence-corrected chi connectivity index (χ3v) is 2.66. The number of ketones is 1. The van der Waals surface area contributed by atoms with Crippen molar-refractivity contribution in [1.82, 2.24) is 4.90 Å². The van der Waals surface area contributed by atoms with E-state index in [0.717, 1.165) is 0 Å². The molecule has 2 rings (SSSR count). The summed E-state index contributed by atoms with van der Waals surface area (Å²) in [4.78, 5) is 25.1. The molecule has 0 bridgehead atoms. The van der Waals surface area contributed by atoms with Gasteiger partial charge in [-0.1, -0.05) is 12.4 Å². The second-order valence-electron chi connectivity index (χ2n) is 3.98. The quantitative estimate of drug-likeness (QED) is 0.439. The van der Waals surface area contributed by atoms with Gasteiger partial charge < -0.3 is 9.31 Å². The van der Waals surface area contributed by atoms with E-state index in [1.54, 1.807) is 18.0 Å². The molecule has 0 saturated carbocycles. The second-order valence-corrected chi connectivity index (χ2v) is 3.98. The molecule has 82 valence electrons. The SMILES string of the molecule is [B]C/C=C/B1OC(=O)C2(CN(C)CC2=O)O1. The van der Waals surface area contributed by atoms with Crippen molar-refractivity contribution in [2.45, 2.75) is 11.9 Å². The van der Waals surface area contributed by atoms with Crippen LogP contribution < -0.4 is 0 Å². The Balaban J connectivity index is 2.15. The normalized spacial score (nSPS) is 30.9. The molecule has 7 heteroatoms. The molecule has 0 aromatic heterocycles. The van der Waals surface area contributed by atoms with Gasteiger partial charge in [-0.2, -0.15) is 0 Å². The summed E-state index contributed by atoms with van der Waals surface area (Å²) in [6.45, 7) is 0.458. The molecule has 2 heterocycles. The molecule has 0 aliphatic carbocycles. The van der Waals surface area contributed by atoms with Crippen LogP contribution in [0.1, 0.15) is 0 Å². The Labute approximate surface area is 95.3 Å². The molecule has 0 aromatic rings. The van der Waals surface area contributed by atoms with Crippen LogP contribution in [-0.4, -0.2) is 57.4 Å². The molecule has 0 amide bonds. The Kier molecular flexibility index (Phi) is 2.90. The van der Waals surface area contributed by atoms with Crippen LogP contribution in [-0.2, 0) is 18.9 Å². The van der Waals surface area contributed by atoms with Crippen molar-refractivity contribution in [3.63, 3.8) is 0 Å². The van der Waals surface area contributed by atoms with Gasteiger partial charge >= 0.3 is 13.1 Å². The van der Waals surface area contributed by atoms with Crippen molar-refractivity contribution in [3.8, 4) is 0 Å². The third kappa shape index (κ3) is 1.70. The third-order valence-electron chi connectivity index (χ3n) is 2.66. The fraction of sp³-hybridized carbons (Fsp3) is 0.556. The molecular formula is C9H11B2NO4. The maximum Gasteiger partial charge on any atom is 0.557 e. The zero-order chi connectivity index (χ0) is 11.8. The van der Waals surface area contributed by atoms with Gasteiger partial charge in [-0.05, 0) is 13.0 Å². The topological polar surface area (TPSA) is 55.8 Å². The maximum absolute atomic E-state index is 11.7. The van der Waals surface area contributed by atoms with E-state index in [-0.39, 0.29) is 18.9 Å². The highest BCUT2D eigenvalue weighted by Crippen LogP contribution is 2.29. The van der Waals surface area contributed by atoms with Crippen LogP contribution in [0.4, 0.5) is 0 Å². The number of Topliss-reactive ketones (excluding diaryl/α,β-unsaturated/α-hetero) is 1. The molecule has 5 nitrogen and oxygen atoms in total. The van der Waals surface area contributed by atoms with Crippen LogP contribution in [0.15, 0.2) is 12.1 Å². The first-order chi connectivity index (χ1) is 7.58. The Bertz CT molecular complexity index is 359. The van der Waals surface area contributed by atoms with Gasteiger partial charge in [-0.15, -0.1) is 0 Å². The Hall–Kier alpha value is -1.07. The number of carbonyl (C=O) groups excluding carboxylic acids is 2. The molecule has 2 aliphatic rings. The fourth-order valence-electron chi connectivity index (χ4n) is 1.92. The highest BCUT2D eigenvalue weighted by Gasteiger charge is 2.60. The highest BCUT2D eigenvalue weighted by atomic mass is 16.7. The lowest BCUT2D eigenvalue weighted by molar-refractivity contribution is -0.148. The monoisotopic (exact) mass is 219 g/mol. The van der Waals surface area contributed by atoms with Crippen molar-refractivity contribution in [1.29, 1.82) is 0 Å². The molecule has 16 heavy (non-hydrogen) atoms. The number of hydrogen-bond donors (Lipinski definition) is 0. The van der Waals surface area contributed by atoms with E-state index >= 15 is 0 Å². The number of nitrogens with zero attached hydrogens (tertiary/aromatic N) is 1. The molecular weight excluding hydrogens is 208 g/mol. The summed E-state index contributed by atoms with van der Waals surface area (Å²) in [5, 5.41) is 0. The van der Waals surface area contributed by atoms with Gasteiger partial charge in [0.25, 0.3) is 0 Å². The largest absolute Gasteiger partial charge is 0.557 e. The Morgan fingerprint density at radius 1 is 1.62 bits per heavy atom. The maximum atomic E-state index is 11.7. The second kappa shape index (κ2) is 4.07. The summed E-state index contributed by atoms with van der Waals surface area (Å²) in [5.41, 5.74) is -1.42. The lowest BCUT2D eigenvalue weighted by atomic mass is 9.87. The standard InChI is InChI=1S/C9H11B2NO4/c1-12-5-7(13)9(6-12)8(14)15-11(16-9)4-2-3-10/h2,4H,3,5-6H2,1H3/b4-2+. The number of allylic oxidation sites excluding steroid dienone is 1. The molecule has 2 saturated heterocycles. The number of rotatable bonds is 2. The molecule has 1 atom stereocenters. The van der Waals surface area contributed by atoms with Crippen molar-refractivity contribution < 1.29 is 18.9 Å². The van der Waals surface area contributed by atoms with Gasteiger partial charge in [-0.25, -0.2) is 0 Å². The number of carbonyl (C=O) groups is 2. The number of likely N-dealkylation sites (N-methyl/N-ethyl adjacent to an activating group) is 1. The summed E-state index contributed by atoms with van der Waals surface area (Å²) in [6, 6.07) is 0. The van der Waals surface area contributed by atoms with Crippen molar-refractivity contribution >= 4 is 26.7 Å². The predicted octanol–water partition coefficient (Wildman–Crippen LogP) is -1.02. The average Bonchev–Trinajstić information content (AvgIpc) is 2.67. The van der Waals surface area contributed by atoms with Gasteiger partial charge in [0.2, 0.25) is 5.60 Å². The van der Waals surface area contributed by atoms with Gasteiger partial charge in [-0.3, -0.25) is 14.5 Å². The van der Waals surface area contributed by atoms with Crippen molar-refractivity contribution in [3.05, 3.63) is 12.1 Å². The number of hydrogen-bond acceptors (Lipinski definition) is 5. The van der Waals surface area contributed by atoms with Gasteiger partial charge in [0.15, 0.2) is 5.78 Å². The summed E-state index contributed by atoms with van der Waals surface area (Å²) in [7, 11) is 6.23. The van der Waals surface area contributed by atoms with E-state index < -0.39 is 18.7 Å². The molecule has 1 spiro atoms. The van der Waals surface area contributed by atoms with Crippen molar-refractivity contribution in [2.75, 3.05) is 20.1 Å². The highest BCUT2D eigenvalue weighted by molar-refractivity contribution is 6.56. The molecule has 1 unspecified atom stereocenters. The van der Waals surface area contributed by atoms with Gasteiger partial charge in [0.1, 0.15) is 0 Å². The first-order valence-electron chi connectivity index (χ1n) is 5.06. The van der Waals surface area contributed by atoms with Crippen LogP contribution in [0, 0.1) is 0 Å². The van der Waals surface area contributed by atoms with E-state index in [4.69, 9.17) is 17.2 Å².